The lowest BCUT2D eigenvalue weighted by molar-refractivity contribution is -0.118. The van der Waals surface area contributed by atoms with Gasteiger partial charge in [0.1, 0.15) is 0 Å². The van der Waals surface area contributed by atoms with Gasteiger partial charge in [-0.1, -0.05) is 30.0 Å². The highest BCUT2D eigenvalue weighted by Gasteiger charge is 2.12. The fraction of sp³-hybridized carbons (Fsp3) is 0.200. The van der Waals surface area contributed by atoms with Crippen LogP contribution in [0, 0.1) is 6.92 Å². The first-order valence-corrected chi connectivity index (χ1v) is 6.17. The molecule has 2 aromatic rings. The van der Waals surface area contributed by atoms with Crippen molar-refractivity contribution < 1.29 is 4.79 Å². The van der Waals surface area contributed by atoms with E-state index < -0.39 is 0 Å². The lowest BCUT2D eigenvalue weighted by atomic mass is 10.2. The molecule has 0 spiro atoms. The van der Waals surface area contributed by atoms with E-state index in [9.17, 15) is 4.79 Å². The minimum atomic E-state index is -0.278. The largest absolute Gasteiger partial charge is 0.294 e. The van der Waals surface area contributed by atoms with Gasteiger partial charge in [0.15, 0.2) is 0 Å². The molecular weight excluding hydrogens is 252 g/mol. The Bertz CT molecular complexity index is 555. The van der Waals surface area contributed by atoms with E-state index in [0.29, 0.717) is 5.16 Å². The zero-order valence-corrected chi connectivity index (χ0v) is 10.5. The van der Waals surface area contributed by atoms with Gasteiger partial charge >= 0.3 is 0 Å². The number of rotatable bonds is 4. The molecule has 0 fully saturated rings. The third kappa shape index (κ3) is 2.66. The molecule has 0 aliphatic carbocycles. The van der Waals surface area contributed by atoms with Crippen molar-refractivity contribution in [3.63, 3.8) is 0 Å². The molecule has 0 bridgehead atoms. The Kier molecular flexibility index (Phi) is 3.90. The maximum absolute atomic E-state index is 11.1. The van der Waals surface area contributed by atoms with Crippen LogP contribution in [0.15, 0.2) is 29.4 Å². The first-order chi connectivity index (χ1) is 8.72. The summed E-state index contributed by atoms with van der Waals surface area (Å²) in [5.74, 6) is 4.90. The number of tetrazole rings is 1. The molecule has 1 heterocycles. The molecule has 18 heavy (non-hydrogen) atoms. The standard InChI is InChI=1S/C10H12N6OS/c1-7-4-2-3-5-8(7)16-10(13-14-15-16)18-6-9(17)12-11/h2-5H,6,11H2,1H3,(H,12,17). The van der Waals surface area contributed by atoms with Gasteiger partial charge in [0, 0.05) is 0 Å². The van der Waals surface area contributed by atoms with Crippen molar-refractivity contribution in [3.05, 3.63) is 29.8 Å². The molecule has 94 valence electrons. The highest BCUT2D eigenvalue weighted by Crippen LogP contribution is 2.19. The van der Waals surface area contributed by atoms with E-state index in [-0.39, 0.29) is 11.7 Å². The Morgan fingerprint density at radius 3 is 3.00 bits per heavy atom. The number of nitrogens with two attached hydrogens (primary N) is 1. The number of hydrogen-bond donors (Lipinski definition) is 2. The number of nitrogens with one attached hydrogen (secondary N) is 1. The van der Waals surface area contributed by atoms with Gasteiger partial charge in [-0.25, -0.2) is 5.84 Å². The summed E-state index contributed by atoms with van der Waals surface area (Å²) in [5, 5.41) is 12.0. The predicted molar refractivity (Wildman–Crippen MR) is 66.9 cm³/mol. The Morgan fingerprint density at radius 1 is 1.50 bits per heavy atom. The molecule has 1 amide bonds. The van der Waals surface area contributed by atoms with Crippen molar-refractivity contribution in [2.45, 2.75) is 12.1 Å². The van der Waals surface area contributed by atoms with Crippen LogP contribution in [0.3, 0.4) is 0 Å². The molecule has 0 unspecified atom stereocenters. The van der Waals surface area contributed by atoms with Crippen LogP contribution in [-0.2, 0) is 4.79 Å². The average Bonchev–Trinajstić information content (AvgIpc) is 2.84. The first-order valence-electron chi connectivity index (χ1n) is 5.19. The summed E-state index contributed by atoms with van der Waals surface area (Å²) >= 11 is 1.22. The van der Waals surface area contributed by atoms with Gasteiger partial charge in [0.2, 0.25) is 11.1 Å². The van der Waals surface area contributed by atoms with E-state index in [1.165, 1.54) is 11.8 Å². The molecule has 3 N–H and O–H groups in total. The molecule has 0 radical (unpaired) electrons. The minimum Gasteiger partial charge on any atom is -0.294 e. The molecule has 0 saturated heterocycles. The first kappa shape index (κ1) is 12.5. The SMILES string of the molecule is Cc1ccccc1-n1nnnc1SCC(=O)NN. The number of hydrazine groups is 1. The maximum Gasteiger partial charge on any atom is 0.244 e. The van der Waals surface area contributed by atoms with E-state index >= 15 is 0 Å². The van der Waals surface area contributed by atoms with Gasteiger partial charge in [0.25, 0.3) is 0 Å². The van der Waals surface area contributed by atoms with Crippen molar-refractivity contribution in [2.24, 2.45) is 5.84 Å². The monoisotopic (exact) mass is 264 g/mol. The van der Waals surface area contributed by atoms with Gasteiger partial charge in [-0.15, -0.1) is 5.10 Å². The second-order valence-corrected chi connectivity index (χ2v) is 4.46. The summed E-state index contributed by atoms with van der Waals surface area (Å²) in [6.07, 6.45) is 0. The molecular formula is C10H12N6OS. The molecule has 0 aliphatic heterocycles. The van der Waals surface area contributed by atoms with Crippen molar-refractivity contribution in [3.8, 4) is 5.69 Å². The van der Waals surface area contributed by atoms with Gasteiger partial charge in [-0.05, 0) is 29.0 Å². The number of benzene rings is 1. The number of nitrogens with zero attached hydrogens (tertiary/aromatic N) is 4. The molecule has 2 rings (SSSR count). The van der Waals surface area contributed by atoms with Gasteiger partial charge in [0.05, 0.1) is 11.4 Å². The minimum absolute atomic E-state index is 0.169. The smallest absolute Gasteiger partial charge is 0.244 e. The fourth-order valence-electron chi connectivity index (χ4n) is 1.39. The summed E-state index contributed by atoms with van der Waals surface area (Å²) in [6.45, 7) is 1.97. The van der Waals surface area contributed by atoms with Crippen molar-refractivity contribution in [1.29, 1.82) is 0 Å². The highest BCUT2D eigenvalue weighted by molar-refractivity contribution is 7.99. The zero-order chi connectivity index (χ0) is 13.0. The van der Waals surface area contributed by atoms with Crippen LogP contribution in [0.25, 0.3) is 5.69 Å². The van der Waals surface area contributed by atoms with Crippen LogP contribution in [0.2, 0.25) is 0 Å². The van der Waals surface area contributed by atoms with E-state index in [0.717, 1.165) is 11.3 Å². The molecule has 0 atom stereocenters. The molecule has 1 aromatic heterocycles. The fourth-order valence-corrected chi connectivity index (χ4v) is 2.09. The molecule has 0 aliphatic rings. The van der Waals surface area contributed by atoms with E-state index in [4.69, 9.17) is 5.84 Å². The topological polar surface area (TPSA) is 98.7 Å². The van der Waals surface area contributed by atoms with Crippen LogP contribution in [0.1, 0.15) is 5.56 Å². The van der Waals surface area contributed by atoms with E-state index in [1.54, 1.807) is 4.68 Å². The van der Waals surface area contributed by atoms with Crippen molar-refractivity contribution in [2.75, 3.05) is 5.75 Å². The van der Waals surface area contributed by atoms with Gasteiger partial charge in [-0.3, -0.25) is 10.2 Å². The molecule has 0 saturated carbocycles. The number of carbonyl (C=O) groups is 1. The average molecular weight is 264 g/mol. The van der Waals surface area contributed by atoms with Crippen molar-refractivity contribution in [1.82, 2.24) is 25.6 Å². The molecule has 7 nitrogen and oxygen atoms in total. The molecule has 8 heteroatoms. The van der Waals surface area contributed by atoms with E-state index in [1.807, 2.05) is 31.2 Å². The number of thioether (sulfide) groups is 1. The lowest BCUT2D eigenvalue weighted by Crippen LogP contribution is -2.31. The Hall–Kier alpha value is -1.93. The Labute approximate surface area is 108 Å². The lowest BCUT2D eigenvalue weighted by Gasteiger charge is -2.06. The number of para-hydroxylation sites is 1. The number of aromatic nitrogens is 4. The number of carbonyl (C=O) groups excluding carboxylic acids is 1. The van der Waals surface area contributed by atoms with Crippen LogP contribution in [0.5, 0.6) is 0 Å². The van der Waals surface area contributed by atoms with Crippen LogP contribution < -0.4 is 11.3 Å². The van der Waals surface area contributed by atoms with E-state index in [2.05, 4.69) is 21.0 Å². The number of amides is 1. The summed E-state index contributed by atoms with van der Waals surface area (Å²) in [4.78, 5) is 11.1. The normalized spacial score (nSPS) is 10.3. The summed E-state index contributed by atoms with van der Waals surface area (Å²) < 4.78 is 1.60. The van der Waals surface area contributed by atoms with Crippen LogP contribution >= 0.6 is 11.8 Å². The molecule has 1 aromatic carbocycles. The van der Waals surface area contributed by atoms with Gasteiger partial charge < -0.3 is 0 Å². The third-order valence-corrected chi connectivity index (χ3v) is 3.20. The van der Waals surface area contributed by atoms with Gasteiger partial charge in [-0.2, -0.15) is 4.68 Å². The quantitative estimate of drug-likeness (QED) is 0.350. The van der Waals surface area contributed by atoms with Crippen LogP contribution in [0.4, 0.5) is 0 Å². The second-order valence-electron chi connectivity index (χ2n) is 3.52. The maximum atomic E-state index is 11.1. The Morgan fingerprint density at radius 2 is 2.28 bits per heavy atom. The Balaban J connectivity index is 2.23. The van der Waals surface area contributed by atoms with Crippen molar-refractivity contribution >= 4 is 17.7 Å². The summed E-state index contributed by atoms with van der Waals surface area (Å²) in [6, 6.07) is 7.74. The third-order valence-electron chi connectivity index (χ3n) is 2.28. The van der Waals surface area contributed by atoms with Crippen LogP contribution in [-0.4, -0.2) is 31.9 Å². The second kappa shape index (κ2) is 5.61. The number of aryl methyl sites for hydroxylation is 1. The zero-order valence-electron chi connectivity index (χ0n) is 9.70. The number of hydrogen-bond acceptors (Lipinski definition) is 6. The summed E-state index contributed by atoms with van der Waals surface area (Å²) in [7, 11) is 0. The highest BCUT2D eigenvalue weighted by atomic mass is 32.2. The summed E-state index contributed by atoms with van der Waals surface area (Å²) in [5.41, 5.74) is 4.00. The predicted octanol–water partition coefficient (Wildman–Crippen LogP) is 0.0527.